The Hall–Kier alpha value is -3.19. The summed E-state index contributed by atoms with van der Waals surface area (Å²) in [7, 11) is 0. The second-order valence-electron chi connectivity index (χ2n) is 9.35. The summed E-state index contributed by atoms with van der Waals surface area (Å²) in [5.74, 6) is -1.92. The van der Waals surface area contributed by atoms with Crippen molar-refractivity contribution >= 4 is 34.4 Å². The van der Waals surface area contributed by atoms with Gasteiger partial charge in [0, 0.05) is 72.9 Å². The maximum absolute atomic E-state index is 15.0. The Labute approximate surface area is 224 Å². The molecular weight excluding hydrogens is 543 g/mol. The van der Waals surface area contributed by atoms with E-state index in [1.165, 1.54) is 11.5 Å². The van der Waals surface area contributed by atoms with Crippen molar-refractivity contribution in [2.45, 2.75) is 31.0 Å². The van der Waals surface area contributed by atoms with Crippen LogP contribution in [0, 0.1) is 11.6 Å². The van der Waals surface area contributed by atoms with Crippen LogP contribution in [0.3, 0.4) is 0 Å². The molecule has 208 valence electrons. The molecule has 0 aliphatic carbocycles. The number of halogens is 5. The molecule has 2 aliphatic heterocycles. The second-order valence-corrected chi connectivity index (χ2v) is 10.4. The number of piperazine rings is 1. The molecule has 1 unspecified atom stereocenters. The van der Waals surface area contributed by atoms with Crippen molar-refractivity contribution in [1.82, 2.24) is 14.5 Å². The highest BCUT2D eigenvalue weighted by Crippen LogP contribution is 2.50. The first-order valence-electron chi connectivity index (χ1n) is 12.4. The summed E-state index contributed by atoms with van der Waals surface area (Å²) in [6.45, 7) is 4.91. The van der Waals surface area contributed by atoms with Gasteiger partial charge in [0.1, 0.15) is 17.5 Å². The summed E-state index contributed by atoms with van der Waals surface area (Å²) in [6.07, 6.45) is -4.89. The molecule has 0 radical (unpaired) electrons. The Morgan fingerprint density at radius 2 is 1.87 bits per heavy atom. The number of hydrogen-bond acceptors (Lipinski definition) is 6. The molecule has 13 heteroatoms. The molecule has 0 N–H and O–H groups in total. The van der Waals surface area contributed by atoms with Crippen LogP contribution in [0.1, 0.15) is 25.5 Å². The first-order chi connectivity index (χ1) is 18.5. The molecule has 0 spiro atoms. The summed E-state index contributed by atoms with van der Waals surface area (Å²) in [6, 6.07) is 2.81. The minimum absolute atomic E-state index is 0.0706. The van der Waals surface area contributed by atoms with Gasteiger partial charge in [0.25, 0.3) is 0 Å². The number of benzene rings is 2. The number of ether oxygens (including phenoxy) is 1. The van der Waals surface area contributed by atoms with Gasteiger partial charge in [-0.2, -0.15) is 18.2 Å². The van der Waals surface area contributed by atoms with Gasteiger partial charge in [-0.1, -0.05) is 0 Å². The molecule has 3 heterocycles. The third kappa shape index (κ3) is 4.97. The van der Waals surface area contributed by atoms with Crippen molar-refractivity contribution < 1.29 is 31.5 Å². The molecule has 0 bridgehead atoms. The molecule has 1 fully saturated rings. The minimum Gasteiger partial charge on any atom is -0.380 e. The number of thioether (sulfide) groups is 1. The zero-order valence-corrected chi connectivity index (χ0v) is 22.0. The van der Waals surface area contributed by atoms with Gasteiger partial charge < -0.3 is 14.5 Å². The predicted octanol–water partition coefficient (Wildman–Crippen LogP) is 4.71. The average molecular weight is 569 g/mol. The monoisotopic (exact) mass is 568 g/mol. The molecule has 2 aliphatic rings. The fraction of sp³-hybridized carbons (Fsp3) is 0.423. The Morgan fingerprint density at radius 3 is 2.49 bits per heavy atom. The molecule has 0 saturated carbocycles. The SMILES string of the molecule is CCOCC1CSc2c(-c3ccc(F)cc3F)c(C(F)(F)F)cc3c(N4CCN(C(C)=O)CC4)nc(=O)n1c23. The Balaban J connectivity index is 1.82. The van der Waals surface area contributed by atoms with Crippen LogP contribution in [0.4, 0.5) is 27.8 Å². The van der Waals surface area contributed by atoms with E-state index in [1.807, 2.05) is 0 Å². The standard InChI is InChI=1S/C26H25F5N4O3S/c1-3-38-12-16-13-39-23-21(17-5-4-15(27)10-20(17)28)19(26(29,30)31)11-18-22(23)35(16)25(37)32-24(18)34-8-6-33(7-9-34)14(2)36/h4-5,10-11,16H,3,6-9,12-13H2,1-2H3. The smallest absolute Gasteiger partial charge is 0.380 e. The Kier molecular flexibility index (Phi) is 7.31. The molecule has 5 rings (SSSR count). The van der Waals surface area contributed by atoms with Gasteiger partial charge in [0.2, 0.25) is 5.91 Å². The highest BCUT2D eigenvalue weighted by atomic mass is 32.2. The number of hydrogen-bond donors (Lipinski definition) is 0. The lowest BCUT2D eigenvalue weighted by molar-refractivity contribution is -0.137. The number of amides is 1. The van der Waals surface area contributed by atoms with Crippen LogP contribution in [-0.4, -0.2) is 65.5 Å². The molecule has 3 aromatic rings. The number of anilines is 1. The number of carbonyl (C=O) groups is 1. The van der Waals surface area contributed by atoms with E-state index in [-0.39, 0.29) is 53.0 Å². The van der Waals surface area contributed by atoms with Gasteiger partial charge in [-0.25, -0.2) is 13.6 Å². The van der Waals surface area contributed by atoms with Crippen LogP contribution in [0.5, 0.6) is 0 Å². The normalized spacial score (nSPS) is 17.7. The van der Waals surface area contributed by atoms with Crippen LogP contribution in [0.25, 0.3) is 22.0 Å². The number of rotatable bonds is 5. The molecule has 1 saturated heterocycles. The largest absolute Gasteiger partial charge is 0.417 e. The predicted molar refractivity (Wildman–Crippen MR) is 137 cm³/mol. The zero-order chi connectivity index (χ0) is 28.1. The van der Waals surface area contributed by atoms with Crippen LogP contribution in [-0.2, 0) is 15.7 Å². The third-order valence-corrected chi connectivity index (χ3v) is 8.21. The van der Waals surface area contributed by atoms with E-state index in [0.717, 1.165) is 30.0 Å². The lowest BCUT2D eigenvalue weighted by Gasteiger charge is -2.36. The third-order valence-electron chi connectivity index (χ3n) is 6.97. The van der Waals surface area contributed by atoms with Crippen LogP contribution in [0.2, 0.25) is 0 Å². The summed E-state index contributed by atoms with van der Waals surface area (Å²) >= 11 is 1.07. The average Bonchev–Trinajstić information content (AvgIpc) is 2.89. The van der Waals surface area contributed by atoms with Crippen molar-refractivity contribution in [2.75, 3.05) is 50.0 Å². The van der Waals surface area contributed by atoms with E-state index < -0.39 is 46.2 Å². The molecule has 39 heavy (non-hydrogen) atoms. The van der Waals surface area contributed by atoms with E-state index in [1.54, 1.807) is 16.7 Å². The van der Waals surface area contributed by atoms with Gasteiger partial charge in [-0.05, 0) is 25.1 Å². The zero-order valence-electron chi connectivity index (χ0n) is 21.1. The number of nitrogens with zero attached hydrogens (tertiary/aromatic N) is 4. The van der Waals surface area contributed by atoms with Crippen molar-refractivity contribution in [3.63, 3.8) is 0 Å². The molecule has 1 atom stereocenters. The highest BCUT2D eigenvalue weighted by Gasteiger charge is 2.40. The lowest BCUT2D eigenvalue weighted by Crippen LogP contribution is -2.49. The van der Waals surface area contributed by atoms with Gasteiger partial charge >= 0.3 is 11.9 Å². The number of alkyl halides is 3. The van der Waals surface area contributed by atoms with Crippen LogP contribution in [0.15, 0.2) is 34.0 Å². The Bertz CT molecular complexity index is 1500. The minimum atomic E-state index is -4.89. The van der Waals surface area contributed by atoms with Crippen molar-refractivity contribution in [3.8, 4) is 11.1 Å². The first kappa shape index (κ1) is 27.4. The summed E-state index contributed by atoms with van der Waals surface area (Å²) < 4.78 is 79.3. The van der Waals surface area contributed by atoms with E-state index in [4.69, 9.17) is 4.74 Å². The van der Waals surface area contributed by atoms with Crippen molar-refractivity contribution in [3.05, 3.63) is 51.9 Å². The fourth-order valence-corrected chi connectivity index (χ4v) is 6.44. The van der Waals surface area contributed by atoms with Gasteiger partial charge in [0.05, 0.1) is 23.7 Å². The van der Waals surface area contributed by atoms with Gasteiger partial charge in [-0.15, -0.1) is 11.8 Å². The van der Waals surface area contributed by atoms with Gasteiger partial charge in [0.15, 0.2) is 0 Å². The molecule has 1 amide bonds. The molecular formula is C26H25F5N4O3S. The van der Waals surface area contributed by atoms with E-state index in [9.17, 15) is 31.5 Å². The number of aromatic nitrogens is 2. The topological polar surface area (TPSA) is 67.7 Å². The van der Waals surface area contributed by atoms with Crippen LogP contribution < -0.4 is 10.6 Å². The number of carbonyl (C=O) groups excluding carboxylic acids is 1. The maximum Gasteiger partial charge on any atom is 0.417 e. The van der Waals surface area contributed by atoms with Crippen molar-refractivity contribution in [1.29, 1.82) is 0 Å². The quantitative estimate of drug-likeness (QED) is 0.416. The van der Waals surface area contributed by atoms with E-state index in [2.05, 4.69) is 4.98 Å². The molecule has 7 nitrogen and oxygen atoms in total. The lowest BCUT2D eigenvalue weighted by atomic mass is 9.95. The van der Waals surface area contributed by atoms with E-state index in [0.29, 0.717) is 25.8 Å². The van der Waals surface area contributed by atoms with Crippen LogP contribution >= 0.6 is 11.8 Å². The Morgan fingerprint density at radius 1 is 1.15 bits per heavy atom. The summed E-state index contributed by atoms with van der Waals surface area (Å²) in [5, 5.41) is 0.0909. The summed E-state index contributed by atoms with van der Waals surface area (Å²) in [5.41, 5.74) is -2.43. The van der Waals surface area contributed by atoms with Gasteiger partial charge in [-0.3, -0.25) is 9.36 Å². The fourth-order valence-electron chi connectivity index (χ4n) is 5.13. The molecule has 1 aromatic heterocycles. The maximum atomic E-state index is 15.0. The highest BCUT2D eigenvalue weighted by molar-refractivity contribution is 7.99. The second kappa shape index (κ2) is 10.4. The molecule has 2 aromatic carbocycles. The van der Waals surface area contributed by atoms with Crippen molar-refractivity contribution in [2.24, 2.45) is 0 Å². The summed E-state index contributed by atoms with van der Waals surface area (Å²) in [4.78, 5) is 32.8. The van der Waals surface area contributed by atoms with E-state index >= 15 is 0 Å². The first-order valence-corrected chi connectivity index (χ1v) is 13.4.